The van der Waals surface area contributed by atoms with E-state index in [0.717, 1.165) is 0 Å². The molecule has 0 saturated heterocycles. The van der Waals surface area contributed by atoms with Crippen molar-refractivity contribution in [2.24, 2.45) is 5.92 Å². The fraction of sp³-hybridized carbons (Fsp3) is 0.714. The molecule has 0 saturated carbocycles. The summed E-state index contributed by atoms with van der Waals surface area (Å²) >= 11 is 0. The van der Waals surface area contributed by atoms with Crippen LogP contribution in [0.1, 0.15) is 6.42 Å². The summed E-state index contributed by atoms with van der Waals surface area (Å²) in [4.78, 5) is 21.8. The quantitative estimate of drug-likeness (QED) is 0.487. The smallest absolute Gasteiger partial charge is 0.310 e. The summed E-state index contributed by atoms with van der Waals surface area (Å²) in [5.41, 5.74) is 0. The van der Waals surface area contributed by atoms with E-state index in [-0.39, 0.29) is 21.0 Å². The molecular formula is C7H11O5P. The second kappa shape index (κ2) is 6.54. The molecular weight excluding hydrogens is 195 g/mol. The second-order valence-corrected chi connectivity index (χ2v) is 2.94. The van der Waals surface area contributed by atoms with Crippen LogP contribution in [-0.2, 0) is 23.6 Å². The fourth-order valence-electron chi connectivity index (χ4n) is 0.764. The topological polar surface area (TPSA) is 69.7 Å². The predicted molar refractivity (Wildman–Crippen MR) is 44.6 cm³/mol. The van der Waals surface area contributed by atoms with Gasteiger partial charge in [-0.25, -0.2) is 0 Å². The summed E-state index contributed by atoms with van der Waals surface area (Å²) in [5.74, 6) is -1.75. The van der Waals surface area contributed by atoms with Crippen molar-refractivity contribution in [2.75, 3.05) is 20.4 Å². The SMILES string of the molecule is COC(=O)CC(CP=O)C(=O)OC. The number of carbonyl (C=O) groups excluding carboxylic acids is 2. The highest BCUT2D eigenvalue weighted by atomic mass is 31.1. The number of methoxy groups -OCH3 is 2. The molecule has 0 N–H and O–H groups in total. The molecule has 1 unspecified atom stereocenters. The maximum absolute atomic E-state index is 11.0. The van der Waals surface area contributed by atoms with E-state index in [0.29, 0.717) is 0 Å². The normalized spacial score (nSPS) is 12.2. The molecule has 74 valence electrons. The minimum atomic E-state index is -0.684. The summed E-state index contributed by atoms with van der Waals surface area (Å²) < 4.78 is 19.0. The fourth-order valence-corrected chi connectivity index (χ4v) is 1.22. The molecule has 0 bridgehead atoms. The lowest BCUT2D eigenvalue weighted by Crippen LogP contribution is -2.21. The Morgan fingerprint density at radius 2 is 1.92 bits per heavy atom. The van der Waals surface area contributed by atoms with Crippen molar-refractivity contribution >= 4 is 20.4 Å². The Hall–Kier alpha value is -0.960. The van der Waals surface area contributed by atoms with Gasteiger partial charge < -0.3 is 9.47 Å². The van der Waals surface area contributed by atoms with E-state index < -0.39 is 17.9 Å². The first-order valence-corrected chi connectivity index (χ1v) is 4.59. The van der Waals surface area contributed by atoms with Crippen LogP contribution in [0.4, 0.5) is 0 Å². The number of ether oxygens (including phenoxy) is 2. The number of hydrogen-bond donors (Lipinski definition) is 0. The third kappa shape index (κ3) is 4.58. The van der Waals surface area contributed by atoms with Crippen molar-refractivity contribution in [1.82, 2.24) is 0 Å². The first kappa shape index (κ1) is 12.0. The Balaban J connectivity index is 4.16. The highest BCUT2D eigenvalue weighted by Crippen LogP contribution is 2.12. The molecule has 13 heavy (non-hydrogen) atoms. The Morgan fingerprint density at radius 3 is 2.31 bits per heavy atom. The highest BCUT2D eigenvalue weighted by Gasteiger charge is 2.22. The molecule has 0 radical (unpaired) electrons. The zero-order chi connectivity index (χ0) is 10.3. The minimum Gasteiger partial charge on any atom is -0.469 e. The maximum Gasteiger partial charge on any atom is 0.310 e. The van der Waals surface area contributed by atoms with Crippen molar-refractivity contribution in [3.63, 3.8) is 0 Å². The van der Waals surface area contributed by atoms with Crippen molar-refractivity contribution in [1.29, 1.82) is 0 Å². The first-order valence-electron chi connectivity index (χ1n) is 3.59. The van der Waals surface area contributed by atoms with E-state index in [1.54, 1.807) is 0 Å². The molecule has 0 rings (SSSR count). The van der Waals surface area contributed by atoms with Crippen LogP contribution in [-0.4, -0.2) is 32.3 Å². The largest absolute Gasteiger partial charge is 0.469 e. The van der Waals surface area contributed by atoms with Crippen LogP contribution < -0.4 is 0 Å². The van der Waals surface area contributed by atoms with Gasteiger partial charge in [0.2, 0.25) is 0 Å². The number of carbonyl (C=O) groups is 2. The Kier molecular flexibility index (Phi) is 6.06. The van der Waals surface area contributed by atoms with Gasteiger partial charge in [0.1, 0.15) is 0 Å². The van der Waals surface area contributed by atoms with Crippen molar-refractivity contribution in [3.8, 4) is 0 Å². The van der Waals surface area contributed by atoms with Crippen LogP contribution in [0.3, 0.4) is 0 Å². The molecule has 0 heterocycles. The Morgan fingerprint density at radius 1 is 1.31 bits per heavy atom. The molecule has 6 heteroatoms. The van der Waals surface area contributed by atoms with Gasteiger partial charge in [-0.2, -0.15) is 0 Å². The maximum atomic E-state index is 11.0. The summed E-state index contributed by atoms with van der Waals surface area (Å²) in [7, 11) is 2.26. The zero-order valence-electron chi connectivity index (χ0n) is 7.48. The minimum absolute atomic E-state index is 0.0712. The van der Waals surface area contributed by atoms with Crippen molar-refractivity contribution < 1.29 is 23.6 Å². The third-order valence-electron chi connectivity index (χ3n) is 1.47. The van der Waals surface area contributed by atoms with Crippen LogP contribution in [0.2, 0.25) is 0 Å². The molecule has 0 aromatic carbocycles. The number of esters is 2. The molecule has 0 aliphatic carbocycles. The Labute approximate surface area is 77.6 Å². The van der Waals surface area contributed by atoms with Crippen LogP contribution >= 0.6 is 8.46 Å². The molecule has 0 aromatic rings. The second-order valence-electron chi connectivity index (χ2n) is 2.31. The lowest BCUT2D eigenvalue weighted by molar-refractivity contribution is -0.151. The van der Waals surface area contributed by atoms with Gasteiger partial charge in [0.05, 0.1) is 26.6 Å². The molecule has 5 nitrogen and oxygen atoms in total. The van der Waals surface area contributed by atoms with Gasteiger partial charge >= 0.3 is 11.9 Å². The number of rotatable bonds is 5. The van der Waals surface area contributed by atoms with E-state index in [1.165, 1.54) is 14.2 Å². The molecule has 0 fully saturated rings. The molecule has 0 spiro atoms. The van der Waals surface area contributed by atoms with E-state index in [2.05, 4.69) is 9.47 Å². The average molecular weight is 206 g/mol. The van der Waals surface area contributed by atoms with Crippen molar-refractivity contribution in [2.45, 2.75) is 6.42 Å². The van der Waals surface area contributed by atoms with E-state index in [4.69, 9.17) is 0 Å². The number of hydrogen-bond acceptors (Lipinski definition) is 5. The van der Waals surface area contributed by atoms with E-state index in [1.807, 2.05) is 0 Å². The first-order chi connectivity index (χ1) is 6.15. The van der Waals surface area contributed by atoms with Gasteiger partial charge in [-0.1, -0.05) is 0 Å². The summed E-state index contributed by atoms with van der Waals surface area (Å²) in [6, 6.07) is 0. The summed E-state index contributed by atoms with van der Waals surface area (Å²) in [5, 5.41) is 0. The monoisotopic (exact) mass is 206 g/mol. The van der Waals surface area contributed by atoms with Crippen molar-refractivity contribution in [3.05, 3.63) is 0 Å². The summed E-state index contributed by atoms with van der Waals surface area (Å²) in [6.45, 7) is 0. The summed E-state index contributed by atoms with van der Waals surface area (Å²) in [6.07, 6.45) is -0.0276. The van der Waals surface area contributed by atoms with Gasteiger partial charge in [0, 0.05) is 6.16 Å². The molecule has 0 amide bonds. The van der Waals surface area contributed by atoms with Gasteiger partial charge in [0.25, 0.3) is 0 Å². The van der Waals surface area contributed by atoms with Gasteiger partial charge in [-0.3, -0.25) is 14.2 Å². The van der Waals surface area contributed by atoms with Gasteiger partial charge in [-0.05, 0) is 0 Å². The average Bonchev–Trinajstić information content (AvgIpc) is 2.15. The molecule has 1 atom stereocenters. The van der Waals surface area contributed by atoms with Crippen LogP contribution in [0, 0.1) is 5.92 Å². The van der Waals surface area contributed by atoms with Gasteiger partial charge in [-0.15, -0.1) is 0 Å². The van der Waals surface area contributed by atoms with Crippen LogP contribution in [0.15, 0.2) is 0 Å². The predicted octanol–water partition coefficient (Wildman–Crippen LogP) is 0.630. The third-order valence-corrected chi connectivity index (χ3v) is 2.06. The Bertz CT molecular complexity index is 203. The molecule has 0 aliphatic rings. The standard InChI is InChI=1S/C7H11O5P/c1-11-6(8)3-5(4-13-10)7(9)12-2/h5H,3-4H2,1-2H3. The van der Waals surface area contributed by atoms with Crippen LogP contribution in [0.25, 0.3) is 0 Å². The van der Waals surface area contributed by atoms with Gasteiger partial charge in [0.15, 0.2) is 8.46 Å². The highest BCUT2D eigenvalue weighted by molar-refractivity contribution is 7.23. The molecule has 0 aromatic heterocycles. The lowest BCUT2D eigenvalue weighted by atomic mass is 10.1. The van der Waals surface area contributed by atoms with E-state index >= 15 is 0 Å². The lowest BCUT2D eigenvalue weighted by Gasteiger charge is -2.08. The van der Waals surface area contributed by atoms with Crippen LogP contribution in [0.5, 0.6) is 0 Å². The zero-order valence-corrected chi connectivity index (χ0v) is 8.37. The van der Waals surface area contributed by atoms with E-state index in [9.17, 15) is 14.2 Å². The molecule has 0 aliphatic heterocycles.